The molecule has 0 spiro atoms. The smallest absolute Gasteiger partial charge is 0.00124 e. The van der Waals surface area contributed by atoms with Crippen LogP contribution in [0.2, 0.25) is 0 Å². The van der Waals surface area contributed by atoms with Crippen LogP contribution in [0.5, 0.6) is 0 Å². The Labute approximate surface area is 108 Å². The molecule has 2 aliphatic carbocycles. The Morgan fingerprint density at radius 2 is 1.65 bits per heavy atom. The van der Waals surface area contributed by atoms with Crippen molar-refractivity contribution in [2.75, 3.05) is 19.6 Å². The first-order valence-electron chi connectivity index (χ1n) is 8.05. The molecular weight excluding hydrogens is 206 g/mol. The second-order valence-electron chi connectivity index (χ2n) is 6.44. The molecule has 0 aromatic carbocycles. The summed E-state index contributed by atoms with van der Waals surface area (Å²) in [7, 11) is 0. The van der Waals surface area contributed by atoms with Gasteiger partial charge in [0.2, 0.25) is 0 Å². The van der Waals surface area contributed by atoms with Crippen molar-refractivity contribution in [3.05, 3.63) is 0 Å². The molecule has 0 aliphatic heterocycles. The zero-order valence-corrected chi connectivity index (χ0v) is 12.0. The van der Waals surface area contributed by atoms with Crippen molar-refractivity contribution in [2.24, 2.45) is 17.8 Å². The van der Waals surface area contributed by atoms with E-state index in [1.54, 1.807) is 25.7 Å². The molecule has 17 heavy (non-hydrogen) atoms. The Morgan fingerprint density at radius 3 is 2.12 bits per heavy atom. The maximum atomic E-state index is 2.78. The summed E-state index contributed by atoms with van der Waals surface area (Å²) in [4.78, 5) is 2.78. The number of unbranched alkanes of at least 4 members (excludes halogenated alkanes) is 2. The van der Waals surface area contributed by atoms with Gasteiger partial charge in [0.25, 0.3) is 0 Å². The molecule has 0 radical (unpaired) electrons. The van der Waals surface area contributed by atoms with Crippen LogP contribution in [0.4, 0.5) is 0 Å². The molecule has 0 aromatic heterocycles. The van der Waals surface area contributed by atoms with Crippen LogP contribution >= 0.6 is 0 Å². The first kappa shape index (κ1) is 13.4. The van der Waals surface area contributed by atoms with Crippen molar-refractivity contribution in [3.63, 3.8) is 0 Å². The first-order valence-corrected chi connectivity index (χ1v) is 8.05. The van der Waals surface area contributed by atoms with E-state index in [4.69, 9.17) is 0 Å². The van der Waals surface area contributed by atoms with Crippen molar-refractivity contribution in [1.82, 2.24) is 4.90 Å². The Balaban J connectivity index is 1.75. The normalized spacial score (nSPS) is 31.6. The fraction of sp³-hybridized carbons (Fsp3) is 1.00. The highest BCUT2D eigenvalue weighted by Crippen LogP contribution is 2.48. The Bertz CT molecular complexity index is 206. The number of hydrogen-bond donors (Lipinski definition) is 0. The minimum atomic E-state index is 1.06. The van der Waals surface area contributed by atoms with Crippen LogP contribution in [0.15, 0.2) is 0 Å². The van der Waals surface area contributed by atoms with Gasteiger partial charge < -0.3 is 4.90 Å². The van der Waals surface area contributed by atoms with Gasteiger partial charge in [-0.25, -0.2) is 0 Å². The number of hydrogen-bond acceptors (Lipinski definition) is 1. The van der Waals surface area contributed by atoms with Gasteiger partial charge in [-0.15, -0.1) is 0 Å². The molecule has 2 bridgehead atoms. The van der Waals surface area contributed by atoms with Crippen LogP contribution in [-0.4, -0.2) is 24.5 Å². The third-order valence-corrected chi connectivity index (χ3v) is 5.03. The topological polar surface area (TPSA) is 3.24 Å². The molecule has 2 fully saturated rings. The lowest BCUT2D eigenvalue weighted by atomic mass is 9.88. The summed E-state index contributed by atoms with van der Waals surface area (Å²) in [5.41, 5.74) is 0. The van der Waals surface area contributed by atoms with Crippen LogP contribution in [0.1, 0.15) is 65.2 Å². The van der Waals surface area contributed by atoms with Gasteiger partial charge in [-0.2, -0.15) is 0 Å². The lowest BCUT2D eigenvalue weighted by Crippen LogP contribution is -2.33. The van der Waals surface area contributed by atoms with E-state index < -0.39 is 0 Å². The monoisotopic (exact) mass is 237 g/mol. The molecule has 3 unspecified atom stereocenters. The lowest BCUT2D eigenvalue weighted by molar-refractivity contribution is 0.185. The van der Waals surface area contributed by atoms with Crippen molar-refractivity contribution in [1.29, 1.82) is 0 Å². The van der Waals surface area contributed by atoms with Gasteiger partial charge in [-0.05, 0) is 62.9 Å². The molecule has 0 amide bonds. The number of fused-ring (bicyclic) bond motifs is 2. The molecule has 2 aliphatic rings. The van der Waals surface area contributed by atoms with Gasteiger partial charge in [-0.3, -0.25) is 0 Å². The summed E-state index contributed by atoms with van der Waals surface area (Å²) in [6.45, 7) is 8.75. The Hall–Kier alpha value is -0.0400. The Kier molecular flexibility index (Phi) is 5.34. The highest BCUT2D eigenvalue weighted by Gasteiger charge is 2.39. The third kappa shape index (κ3) is 3.71. The van der Waals surface area contributed by atoms with Crippen molar-refractivity contribution < 1.29 is 0 Å². The van der Waals surface area contributed by atoms with Crippen LogP contribution in [0.3, 0.4) is 0 Å². The zero-order valence-electron chi connectivity index (χ0n) is 12.0. The molecule has 0 aromatic rings. The fourth-order valence-corrected chi connectivity index (χ4v) is 3.99. The molecule has 0 heterocycles. The average molecular weight is 237 g/mol. The summed E-state index contributed by atoms with van der Waals surface area (Å²) in [5, 5.41) is 0. The molecular formula is C16H31N. The molecule has 0 saturated heterocycles. The van der Waals surface area contributed by atoms with E-state index in [1.807, 2.05) is 0 Å². The lowest BCUT2D eigenvalue weighted by Gasteiger charge is -2.30. The second kappa shape index (κ2) is 6.78. The maximum absolute atomic E-state index is 2.78. The summed E-state index contributed by atoms with van der Waals surface area (Å²) < 4.78 is 0. The third-order valence-electron chi connectivity index (χ3n) is 5.03. The van der Waals surface area contributed by atoms with Crippen LogP contribution in [0.25, 0.3) is 0 Å². The number of nitrogens with zero attached hydrogens (tertiary/aromatic N) is 1. The summed E-state index contributed by atoms with van der Waals surface area (Å²) in [6, 6.07) is 0. The van der Waals surface area contributed by atoms with E-state index in [2.05, 4.69) is 18.7 Å². The van der Waals surface area contributed by atoms with E-state index in [0.717, 1.165) is 17.8 Å². The van der Waals surface area contributed by atoms with E-state index in [9.17, 15) is 0 Å². The van der Waals surface area contributed by atoms with Crippen molar-refractivity contribution >= 4 is 0 Å². The molecule has 2 rings (SSSR count). The standard InChI is InChI=1S/C16H31N/c1-3-5-9-17(10-6-4-2)13-16-12-14-7-8-15(16)11-14/h14-16H,3-13H2,1-2H3. The van der Waals surface area contributed by atoms with Crippen LogP contribution < -0.4 is 0 Å². The molecule has 0 N–H and O–H groups in total. The van der Waals surface area contributed by atoms with Gasteiger partial charge in [0.1, 0.15) is 0 Å². The summed E-state index contributed by atoms with van der Waals surface area (Å²) in [5.74, 6) is 3.28. The maximum Gasteiger partial charge on any atom is 0.00124 e. The molecule has 1 nitrogen and oxygen atoms in total. The minimum Gasteiger partial charge on any atom is -0.303 e. The van der Waals surface area contributed by atoms with Crippen molar-refractivity contribution in [3.8, 4) is 0 Å². The zero-order chi connectivity index (χ0) is 12.1. The van der Waals surface area contributed by atoms with Gasteiger partial charge in [0, 0.05) is 6.54 Å². The molecule has 2 saturated carbocycles. The highest BCUT2D eigenvalue weighted by molar-refractivity contribution is 4.91. The number of rotatable bonds is 8. The average Bonchev–Trinajstić information content (AvgIpc) is 2.94. The van der Waals surface area contributed by atoms with Crippen LogP contribution in [-0.2, 0) is 0 Å². The van der Waals surface area contributed by atoms with Gasteiger partial charge >= 0.3 is 0 Å². The molecule has 1 heteroatoms. The van der Waals surface area contributed by atoms with Crippen molar-refractivity contribution in [2.45, 2.75) is 65.2 Å². The predicted molar refractivity (Wildman–Crippen MR) is 75.2 cm³/mol. The Morgan fingerprint density at radius 1 is 0.941 bits per heavy atom. The van der Waals surface area contributed by atoms with E-state index in [-0.39, 0.29) is 0 Å². The van der Waals surface area contributed by atoms with Gasteiger partial charge in [0.15, 0.2) is 0 Å². The van der Waals surface area contributed by atoms with E-state index >= 15 is 0 Å². The highest BCUT2D eigenvalue weighted by atomic mass is 15.1. The largest absolute Gasteiger partial charge is 0.303 e. The fourth-order valence-electron chi connectivity index (χ4n) is 3.99. The minimum absolute atomic E-state index is 1.06. The molecule has 3 atom stereocenters. The van der Waals surface area contributed by atoms with E-state index in [0.29, 0.717) is 0 Å². The van der Waals surface area contributed by atoms with Gasteiger partial charge in [-0.1, -0.05) is 33.1 Å². The predicted octanol–water partition coefficient (Wildman–Crippen LogP) is 4.32. The summed E-state index contributed by atoms with van der Waals surface area (Å²) >= 11 is 0. The molecule has 100 valence electrons. The first-order chi connectivity index (χ1) is 8.33. The summed E-state index contributed by atoms with van der Waals surface area (Å²) in [6.07, 6.45) is 11.7. The quantitative estimate of drug-likeness (QED) is 0.607. The van der Waals surface area contributed by atoms with E-state index in [1.165, 1.54) is 45.3 Å². The second-order valence-corrected chi connectivity index (χ2v) is 6.44. The van der Waals surface area contributed by atoms with Gasteiger partial charge in [0.05, 0.1) is 0 Å². The SMILES string of the molecule is CCCCN(CCCC)CC1CC2CCC1C2. The van der Waals surface area contributed by atoms with Crippen LogP contribution in [0, 0.1) is 17.8 Å².